The number of carbonyl (C=O) groups is 1. The monoisotopic (exact) mass is 224 g/mol. The fourth-order valence-electron chi connectivity index (χ4n) is 2.74. The third-order valence-electron chi connectivity index (χ3n) is 3.75. The summed E-state index contributed by atoms with van der Waals surface area (Å²) in [5.41, 5.74) is 0. The van der Waals surface area contributed by atoms with E-state index in [2.05, 4.69) is 24.1 Å². The van der Waals surface area contributed by atoms with E-state index in [9.17, 15) is 4.79 Å². The molecule has 0 aromatic carbocycles. The molecule has 2 aliphatic rings. The SMILES string of the molecule is CC1CC(C)CN(C(C)C(=O)NC2CC2)C1. The van der Waals surface area contributed by atoms with Crippen LogP contribution in [-0.2, 0) is 4.79 Å². The van der Waals surface area contributed by atoms with Crippen LogP contribution in [0.5, 0.6) is 0 Å². The fraction of sp³-hybridized carbons (Fsp3) is 0.923. The minimum absolute atomic E-state index is 0.0470. The second-order valence-electron chi connectivity index (χ2n) is 5.86. The molecule has 92 valence electrons. The Balaban J connectivity index is 1.86. The molecule has 3 unspecified atom stereocenters. The first-order valence-corrected chi connectivity index (χ1v) is 6.60. The van der Waals surface area contributed by atoms with Crippen LogP contribution in [0.25, 0.3) is 0 Å². The van der Waals surface area contributed by atoms with Crippen molar-refractivity contribution in [3.63, 3.8) is 0 Å². The van der Waals surface area contributed by atoms with Crippen molar-refractivity contribution in [2.75, 3.05) is 13.1 Å². The predicted octanol–water partition coefficient (Wildman–Crippen LogP) is 1.63. The van der Waals surface area contributed by atoms with E-state index in [-0.39, 0.29) is 11.9 Å². The molecule has 16 heavy (non-hydrogen) atoms. The molecule has 2 fully saturated rings. The van der Waals surface area contributed by atoms with Gasteiger partial charge < -0.3 is 5.32 Å². The maximum Gasteiger partial charge on any atom is 0.237 e. The van der Waals surface area contributed by atoms with Gasteiger partial charge in [0.2, 0.25) is 5.91 Å². The summed E-state index contributed by atoms with van der Waals surface area (Å²) in [4.78, 5) is 14.3. The van der Waals surface area contributed by atoms with E-state index in [0.29, 0.717) is 6.04 Å². The van der Waals surface area contributed by atoms with Gasteiger partial charge in [0.15, 0.2) is 0 Å². The quantitative estimate of drug-likeness (QED) is 0.790. The molecule has 1 saturated carbocycles. The Hall–Kier alpha value is -0.570. The third-order valence-corrected chi connectivity index (χ3v) is 3.75. The molecule has 0 bridgehead atoms. The standard InChI is InChI=1S/C13H24N2O/c1-9-6-10(2)8-15(7-9)11(3)13(16)14-12-4-5-12/h9-12H,4-8H2,1-3H3,(H,14,16). The van der Waals surface area contributed by atoms with Crippen LogP contribution in [0.15, 0.2) is 0 Å². The van der Waals surface area contributed by atoms with Gasteiger partial charge in [-0.25, -0.2) is 0 Å². The van der Waals surface area contributed by atoms with Crippen LogP contribution in [0.4, 0.5) is 0 Å². The highest BCUT2D eigenvalue weighted by Crippen LogP contribution is 2.23. The van der Waals surface area contributed by atoms with Gasteiger partial charge >= 0.3 is 0 Å². The summed E-state index contributed by atoms with van der Waals surface area (Å²) in [5, 5.41) is 3.10. The summed E-state index contributed by atoms with van der Waals surface area (Å²) in [6.07, 6.45) is 3.64. The molecule has 0 aromatic rings. The minimum Gasteiger partial charge on any atom is -0.352 e. The highest BCUT2D eigenvalue weighted by Gasteiger charge is 2.31. The molecule has 0 aromatic heterocycles. The van der Waals surface area contributed by atoms with E-state index in [0.717, 1.165) is 24.9 Å². The van der Waals surface area contributed by atoms with Gasteiger partial charge in [-0.1, -0.05) is 13.8 Å². The van der Waals surface area contributed by atoms with Crippen LogP contribution in [0.2, 0.25) is 0 Å². The average molecular weight is 224 g/mol. The fourth-order valence-corrected chi connectivity index (χ4v) is 2.74. The van der Waals surface area contributed by atoms with E-state index in [1.165, 1.54) is 19.3 Å². The van der Waals surface area contributed by atoms with E-state index in [4.69, 9.17) is 0 Å². The Kier molecular flexibility index (Phi) is 3.53. The minimum atomic E-state index is 0.0470. The zero-order chi connectivity index (χ0) is 11.7. The zero-order valence-electron chi connectivity index (χ0n) is 10.7. The number of likely N-dealkylation sites (tertiary alicyclic amines) is 1. The number of amides is 1. The Bertz CT molecular complexity index is 253. The molecule has 3 nitrogen and oxygen atoms in total. The number of piperidine rings is 1. The Morgan fingerprint density at radius 2 is 1.81 bits per heavy atom. The van der Waals surface area contributed by atoms with Crippen molar-refractivity contribution in [3.05, 3.63) is 0 Å². The molecule has 3 atom stereocenters. The summed E-state index contributed by atoms with van der Waals surface area (Å²) in [7, 11) is 0. The molecule has 1 N–H and O–H groups in total. The van der Waals surface area contributed by atoms with Crippen LogP contribution in [0, 0.1) is 11.8 Å². The van der Waals surface area contributed by atoms with Gasteiger partial charge in [-0.05, 0) is 38.0 Å². The van der Waals surface area contributed by atoms with E-state index < -0.39 is 0 Å². The van der Waals surface area contributed by atoms with Crippen molar-refractivity contribution in [1.29, 1.82) is 0 Å². The molecular formula is C13H24N2O. The number of hydrogen-bond donors (Lipinski definition) is 1. The van der Waals surface area contributed by atoms with Crippen molar-refractivity contribution in [2.45, 2.75) is 52.1 Å². The predicted molar refractivity (Wildman–Crippen MR) is 65.1 cm³/mol. The lowest BCUT2D eigenvalue weighted by Gasteiger charge is -2.38. The van der Waals surface area contributed by atoms with Crippen LogP contribution in [-0.4, -0.2) is 36.0 Å². The van der Waals surface area contributed by atoms with Crippen LogP contribution < -0.4 is 5.32 Å². The molecule has 3 heteroatoms. The lowest BCUT2D eigenvalue weighted by molar-refractivity contribution is -0.127. The molecule has 1 aliphatic heterocycles. The van der Waals surface area contributed by atoms with Crippen LogP contribution >= 0.6 is 0 Å². The molecule has 1 amide bonds. The average Bonchev–Trinajstić information content (AvgIpc) is 2.99. The molecule has 1 saturated heterocycles. The van der Waals surface area contributed by atoms with E-state index >= 15 is 0 Å². The van der Waals surface area contributed by atoms with E-state index in [1.807, 2.05) is 6.92 Å². The van der Waals surface area contributed by atoms with Gasteiger partial charge in [-0.2, -0.15) is 0 Å². The van der Waals surface area contributed by atoms with Gasteiger partial charge in [-0.15, -0.1) is 0 Å². The number of carbonyl (C=O) groups excluding carboxylic acids is 1. The summed E-state index contributed by atoms with van der Waals surface area (Å²) in [6.45, 7) is 8.76. The third kappa shape index (κ3) is 2.97. The molecule has 0 radical (unpaired) electrons. The summed E-state index contributed by atoms with van der Waals surface area (Å²) in [6, 6.07) is 0.528. The summed E-state index contributed by atoms with van der Waals surface area (Å²) >= 11 is 0. The highest BCUT2D eigenvalue weighted by atomic mass is 16.2. The van der Waals surface area contributed by atoms with Gasteiger partial charge in [0.1, 0.15) is 0 Å². The molecule has 1 aliphatic carbocycles. The molecule has 2 rings (SSSR count). The highest BCUT2D eigenvalue weighted by molar-refractivity contribution is 5.81. The maximum absolute atomic E-state index is 12.0. The Labute approximate surface area is 98.6 Å². The van der Waals surface area contributed by atoms with Gasteiger partial charge in [-0.3, -0.25) is 9.69 Å². The summed E-state index contributed by atoms with van der Waals surface area (Å²) < 4.78 is 0. The maximum atomic E-state index is 12.0. The van der Waals surface area contributed by atoms with Gasteiger partial charge in [0.05, 0.1) is 6.04 Å². The van der Waals surface area contributed by atoms with Crippen molar-refractivity contribution >= 4 is 5.91 Å². The smallest absolute Gasteiger partial charge is 0.237 e. The van der Waals surface area contributed by atoms with Crippen molar-refractivity contribution < 1.29 is 4.79 Å². The second kappa shape index (κ2) is 4.74. The molecule has 1 heterocycles. The van der Waals surface area contributed by atoms with Gasteiger partial charge in [0.25, 0.3) is 0 Å². The Morgan fingerprint density at radius 3 is 2.31 bits per heavy atom. The Morgan fingerprint density at radius 1 is 1.25 bits per heavy atom. The normalized spacial score (nSPS) is 33.4. The molecule has 0 spiro atoms. The summed E-state index contributed by atoms with van der Waals surface area (Å²) in [5.74, 6) is 1.67. The first kappa shape index (κ1) is 11.9. The van der Waals surface area contributed by atoms with Crippen LogP contribution in [0.3, 0.4) is 0 Å². The van der Waals surface area contributed by atoms with Crippen molar-refractivity contribution in [3.8, 4) is 0 Å². The first-order valence-electron chi connectivity index (χ1n) is 6.60. The van der Waals surface area contributed by atoms with Crippen molar-refractivity contribution in [1.82, 2.24) is 10.2 Å². The zero-order valence-corrected chi connectivity index (χ0v) is 10.7. The number of hydrogen-bond acceptors (Lipinski definition) is 2. The molecular weight excluding hydrogens is 200 g/mol. The number of nitrogens with zero attached hydrogens (tertiary/aromatic N) is 1. The topological polar surface area (TPSA) is 32.3 Å². The van der Waals surface area contributed by atoms with Crippen molar-refractivity contribution in [2.24, 2.45) is 11.8 Å². The largest absolute Gasteiger partial charge is 0.352 e. The number of nitrogens with one attached hydrogen (secondary N) is 1. The van der Waals surface area contributed by atoms with E-state index in [1.54, 1.807) is 0 Å². The lowest BCUT2D eigenvalue weighted by Crippen LogP contribution is -2.50. The van der Waals surface area contributed by atoms with Gasteiger partial charge in [0, 0.05) is 19.1 Å². The first-order chi connectivity index (χ1) is 7.56. The second-order valence-corrected chi connectivity index (χ2v) is 5.86. The van der Waals surface area contributed by atoms with Crippen LogP contribution in [0.1, 0.15) is 40.0 Å². The lowest BCUT2D eigenvalue weighted by atomic mass is 9.91. The number of rotatable bonds is 3.